The Kier molecular flexibility index (Phi) is 10.1. The molecule has 34 heavy (non-hydrogen) atoms. The molecule has 0 atom stereocenters. The number of benzene rings is 2. The molecule has 0 amide bonds. The number of unbranched alkanes of at least 4 members (excludes halogenated alkanes) is 2. The van der Waals surface area contributed by atoms with Crippen LogP contribution in [0, 0.1) is 3.82 Å². The molecule has 180 valence electrons. The Bertz CT molecular complexity index is 1150. The molecular formula is C26H28O5S3. The maximum Gasteiger partial charge on any atom is 0.338 e. The van der Waals surface area contributed by atoms with Gasteiger partial charge in [0.05, 0.1) is 32.5 Å². The van der Waals surface area contributed by atoms with Crippen LogP contribution in [0.15, 0.2) is 55.1 Å². The normalized spacial score (nSPS) is 10.5. The summed E-state index contributed by atoms with van der Waals surface area (Å²) in [7, 11) is 4.89. The van der Waals surface area contributed by atoms with Crippen LogP contribution >= 0.6 is 32.9 Å². The summed E-state index contributed by atoms with van der Waals surface area (Å²) in [4.78, 5) is 13.1. The summed E-state index contributed by atoms with van der Waals surface area (Å²) in [6, 6.07) is 15.5. The highest BCUT2D eigenvalue weighted by atomic mass is 32.9. The van der Waals surface area contributed by atoms with Gasteiger partial charge >= 0.3 is 5.97 Å². The monoisotopic (exact) mass is 516 g/mol. The van der Waals surface area contributed by atoms with Crippen LogP contribution in [-0.4, -0.2) is 32.9 Å². The van der Waals surface area contributed by atoms with Gasteiger partial charge in [-0.25, -0.2) is 4.79 Å². The van der Waals surface area contributed by atoms with Crippen molar-refractivity contribution in [3.63, 3.8) is 0 Å². The molecule has 0 N–H and O–H groups in total. The van der Waals surface area contributed by atoms with Gasteiger partial charge in [0.1, 0.15) is 9.57 Å². The van der Waals surface area contributed by atoms with Crippen molar-refractivity contribution in [3.05, 3.63) is 64.5 Å². The topological polar surface area (TPSA) is 54.0 Å². The molecule has 0 spiro atoms. The number of esters is 1. The fourth-order valence-electron chi connectivity index (χ4n) is 3.15. The van der Waals surface area contributed by atoms with E-state index in [1.807, 2.05) is 18.2 Å². The van der Waals surface area contributed by atoms with Gasteiger partial charge in [0.2, 0.25) is 0 Å². The molecular weight excluding hydrogens is 488 g/mol. The van der Waals surface area contributed by atoms with Crippen molar-refractivity contribution in [2.75, 3.05) is 26.9 Å². The highest BCUT2D eigenvalue weighted by Gasteiger charge is 2.14. The molecule has 0 aliphatic rings. The van der Waals surface area contributed by atoms with Crippen LogP contribution in [0.25, 0.3) is 16.0 Å². The maximum atomic E-state index is 11.9. The highest BCUT2D eigenvalue weighted by Crippen LogP contribution is 2.32. The van der Waals surface area contributed by atoms with Crippen LogP contribution in [0.4, 0.5) is 0 Å². The van der Waals surface area contributed by atoms with E-state index in [2.05, 4.69) is 18.7 Å². The van der Waals surface area contributed by atoms with E-state index >= 15 is 0 Å². The zero-order valence-corrected chi connectivity index (χ0v) is 21.8. The fourth-order valence-corrected chi connectivity index (χ4v) is 5.55. The van der Waals surface area contributed by atoms with Gasteiger partial charge in [0, 0.05) is 4.88 Å². The van der Waals surface area contributed by atoms with Gasteiger partial charge in [-0.15, -0.1) is 0 Å². The first-order valence-corrected chi connectivity index (χ1v) is 13.6. The molecule has 2 aromatic carbocycles. The second-order valence-electron chi connectivity index (χ2n) is 7.34. The third kappa shape index (κ3) is 7.41. The zero-order valence-electron chi connectivity index (χ0n) is 19.3. The number of carbonyl (C=O) groups is 1. The molecule has 3 rings (SSSR count). The van der Waals surface area contributed by atoms with Crippen LogP contribution in [0.5, 0.6) is 17.2 Å². The summed E-state index contributed by atoms with van der Waals surface area (Å²) in [5.74, 6) is 1.62. The quantitative estimate of drug-likeness (QED) is 0.0775. The van der Waals surface area contributed by atoms with Crippen LogP contribution in [0.3, 0.4) is 0 Å². The van der Waals surface area contributed by atoms with Crippen LogP contribution in [-0.2, 0) is 9.53 Å². The first kappa shape index (κ1) is 25.9. The smallest absolute Gasteiger partial charge is 0.338 e. The number of methoxy groups -OCH3 is 1. The van der Waals surface area contributed by atoms with Crippen molar-refractivity contribution >= 4 is 44.4 Å². The van der Waals surface area contributed by atoms with Crippen molar-refractivity contribution in [1.29, 1.82) is 0 Å². The second-order valence-corrected chi connectivity index (χ2v) is 10.3. The fraction of sp³-hybridized carbons (Fsp3) is 0.308. The van der Waals surface area contributed by atoms with Gasteiger partial charge in [-0.3, -0.25) is 0 Å². The van der Waals surface area contributed by atoms with Gasteiger partial charge in [-0.1, -0.05) is 45.5 Å². The minimum atomic E-state index is -0.439. The lowest BCUT2D eigenvalue weighted by Crippen LogP contribution is -2.06. The maximum absolute atomic E-state index is 11.9. The van der Waals surface area contributed by atoms with E-state index in [0.29, 0.717) is 42.5 Å². The molecule has 0 unspecified atom stereocenters. The lowest BCUT2D eigenvalue weighted by Gasteiger charge is -2.13. The van der Waals surface area contributed by atoms with Crippen LogP contribution < -0.4 is 14.2 Å². The molecule has 0 radical (unpaired) electrons. The Morgan fingerprint density at radius 1 is 0.941 bits per heavy atom. The van der Waals surface area contributed by atoms with Gasteiger partial charge < -0.3 is 18.9 Å². The lowest BCUT2D eigenvalue weighted by molar-refractivity contribution is -0.136. The molecule has 0 bridgehead atoms. The first-order chi connectivity index (χ1) is 16.5. The molecule has 8 heteroatoms. The van der Waals surface area contributed by atoms with Gasteiger partial charge in [-0.2, -0.15) is 0 Å². The number of ether oxygens (including phenoxy) is 4. The molecule has 0 fully saturated rings. The number of rotatable bonds is 13. The van der Waals surface area contributed by atoms with E-state index < -0.39 is 5.97 Å². The molecule has 0 aliphatic heterocycles. The Morgan fingerprint density at radius 3 is 2.32 bits per heavy atom. The van der Waals surface area contributed by atoms with E-state index in [-0.39, 0.29) is 0 Å². The summed E-state index contributed by atoms with van der Waals surface area (Å²) >= 11 is 5.20. The van der Waals surface area contributed by atoms with Crippen molar-refractivity contribution in [3.8, 4) is 27.7 Å². The molecule has 5 nitrogen and oxygen atoms in total. The summed E-state index contributed by atoms with van der Waals surface area (Å²) < 4.78 is 23.1. The van der Waals surface area contributed by atoms with Crippen molar-refractivity contribution in [1.82, 2.24) is 0 Å². The molecule has 0 saturated heterocycles. The number of hydrogen-bond donors (Lipinski definition) is 0. The zero-order chi connectivity index (χ0) is 24.3. The third-order valence-corrected chi connectivity index (χ3v) is 7.86. The molecule has 3 aromatic rings. The third-order valence-electron chi connectivity index (χ3n) is 4.95. The number of carbonyl (C=O) groups excluding carboxylic acids is 1. The summed E-state index contributed by atoms with van der Waals surface area (Å²) in [5.41, 5.74) is 2.10. The Hall–Kier alpha value is -2.68. The first-order valence-electron chi connectivity index (χ1n) is 11.0. The Morgan fingerprint density at radius 2 is 1.68 bits per heavy atom. The molecule has 1 heterocycles. The standard InChI is InChI=1S/C26H28O5S3/c1-4-29-26(27)18(2)20-10-13-22(23(16-20)28-3)31-15-7-5-6-14-30-21-11-8-19(9-12-21)24-17-25(32)34-33-24/h8-13,16-17H,2,4-7,14-15H2,1,3H3. The van der Waals surface area contributed by atoms with E-state index in [0.717, 1.165) is 34.4 Å². The minimum Gasteiger partial charge on any atom is -0.494 e. The van der Waals surface area contributed by atoms with Gasteiger partial charge in [0.15, 0.2) is 11.5 Å². The summed E-state index contributed by atoms with van der Waals surface area (Å²) in [5, 5.41) is 0. The van der Waals surface area contributed by atoms with Gasteiger partial charge in [-0.05, 0) is 79.8 Å². The summed E-state index contributed by atoms with van der Waals surface area (Å²) in [6.45, 7) is 7.10. The molecule has 0 aliphatic carbocycles. The van der Waals surface area contributed by atoms with E-state index in [9.17, 15) is 4.79 Å². The SMILES string of the molecule is C=C(C(=O)OCC)c1ccc(OCCCCCOc2ccc(-c3cc(=S)ss3)cc2)c(OC)c1. The lowest BCUT2D eigenvalue weighted by atomic mass is 10.1. The largest absolute Gasteiger partial charge is 0.494 e. The molecule has 1 aromatic heterocycles. The predicted molar refractivity (Wildman–Crippen MR) is 142 cm³/mol. The Balaban J connectivity index is 1.37. The average molecular weight is 517 g/mol. The van der Waals surface area contributed by atoms with E-state index in [1.165, 1.54) is 4.88 Å². The van der Waals surface area contributed by atoms with Gasteiger partial charge in [0.25, 0.3) is 0 Å². The van der Waals surface area contributed by atoms with Crippen molar-refractivity contribution < 1.29 is 23.7 Å². The summed E-state index contributed by atoms with van der Waals surface area (Å²) in [6.07, 6.45) is 2.81. The Labute approximate surface area is 213 Å². The minimum absolute atomic E-state index is 0.291. The van der Waals surface area contributed by atoms with Crippen molar-refractivity contribution in [2.45, 2.75) is 26.2 Å². The van der Waals surface area contributed by atoms with E-state index in [1.54, 1.807) is 52.9 Å². The number of hydrogen-bond acceptors (Lipinski definition) is 8. The van der Waals surface area contributed by atoms with E-state index in [4.69, 9.17) is 31.2 Å². The average Bonchev–Trinajstić information content (AvgIpc) is 3.29. The highest BCUT2D eigenvalue weighted by molar-refractivity contribution is 7.80. The second kappa shape index (κ2) is 13.3. The predicted octanol–water partition coefficient (Wildman–Crippen LogP) is 7.42. The van der Waals surface area contributed by atoms with Crippen molar-refractivity contribution in [2.24, 2.45) is 0 Å². The molecule has 0 saturated carbocycles. The van der Waals surface area contributed by atoms with Crippen LogP contribution in [0.1, 0.15) is 31.7 Å². The van der Waals surface area contributed by atoms with Crippen LogP contribution in [0.2, 0.25) is 0 Å².